The zero-order valence-corrected chi connectivity index (χ0v) is 8.93. The number of hydrogen-bond acceptors (Lipinski definition) is 2. The molecule has 0 unspecified atom stereocenters. The molecular weight excluding hydrogens is 209 g/mol. The fourth-order valence-electron chi connectivity index (χ4n) is 1.81. The Hall–Kier alpha value is -1.42. The highest BCUT2D eigenvalue weighted by Gasteiger charge is 2.34. The van der Waals surface area contributed by atoms with Gasteiger partial charge in [-0.3, -0.25) is 0 Å². The summed E-state index contributed by atoms with van der Waals surface area (Å²) in [6.07, 6.45) is -0.609. The van der Waals surface area contributed by atoms with Crippen molar-refractivity contribution in [2.24, 2.45) is 0 Å². The average molecular weight is 224 g/mol. The summed E-state index contributed by atoms with van der Waals surface area (Å²) in [6.45, 7) is 0.631. The summed E-state index contributed by atoms with van der Waals surface area (Å²) in [4.78, 5) is 11.5. The quantitative estimate of drug-likeness (QED) is 0.755. The summed E-state index contributed by atoms with van der Waals surface area (Å²) in [7, 11) is 0. The fourth-order valence-corrected chi connectivity index (χ4v) is 1.81. The molecule has 1 fully saturated rings. The van der Waals surface area contributed by atoms with Crippen molar-refractivity contribution in [2.45, 2.75) is 25.2 Å². The minimum atomic E-state index is -0.880. The van der Waals surface area contributed by atoms with E-state index >= 15 is 0 Å². The maximum absolute atomic E-state index is 12.9. The number of ether oxygens (including phenoxy) is 1. The van der Waals surface area contributed by atoms with E-state index in [0.717, 1.165) is 5.56 Å². The van der Waals surface area contributed by atoms with Crippen LogP contribution in [0.15, 0.2) is 30.3 Å². The van der Waals surface area contributed by atoms with Crippen LogP contribution < -0.4 is 5.32 Å². The van der Waals surface area contributed by atoms with E-state index in [1.807, 2.05) is 30.3 Å². The number of esters is 1. The van der Waals surface area contributed by atoms with Crippen molar-refractivity contribution < 1.29 is 19.2 Å². The van der Waals surface area contributed by atoms with Gasteiger partial charge in [0.15, 0.2) is 12.2 Å². The predicted octanol–water partition coefficient (Wildman–Crippen LogP) is 0.404. The van der Waals surface area contributed by atoms with Crippen molar-refractivity contribution in [1.29, 1.82) is 0 Å². The number of hydrogen-bond donors (Lipinski definition) is 1. The molecule has 1 aliphatic heterocycles. The first-order chi connectivity index (χ1) is 7.75. The lowest BCUT2D eigenvalue weighted by Gasteiger charge is -2.07. The van der Waals surface area contributed by atoms with Crippen molar-refractivity contribution in [3.63, 3.8) is 0 Å². The van der Waals surface area contributed by atoms with Gasteiger partial charge in [0.25, 0.3) is 0 Å². The van der Waals surface area contributed by atoms with Gasteiger partial charge in [-0.25, -0.2) is 9.18 Å². The van der Waals surface area contributed by atoms with E-state index in [9.17, 15) is 9.18 Å². The molecule has 1 heterocycles. The number of halogens is 1. The second-order valence-corrected chi connectivity index (χ2v) is 4.00. The van der Waals surface area contributed by atoms with Crippen molar-refractivity contribution in [3.8, 4) is 0 Å². The number of benzene rings is 1. The Morgan fingerprint density at radius 3 is 2.81 bits per heavy atom. The van der Waals surface area contributed by atoms with Crippen LogP contribution in [0.25, 0.3) is 0 Å². The van der Waals surface area contributed by atoms with Gasteiger partial charge < -0.3 is 10.1 Å². The molecule has 2 N–H and O–H groups in total. The van der Waals surface area contributed by atoms with E-state index < -0.39 is 6.17 Å². The maximum Gasteiger partial charge on any atom is 0.365 e. The molecule has 0 aromatic heterocycles. The lowest BCUT2D eigenvalue weighted by molar-refractivity contribution is -0.660. The van der Waals surface area contributed by atoms with Gasteiger partial charge in [0, 0.05) is 6.42 Å². The molecule has 3 nitrogen and oxygen atoms in total. The van der Waals surface area contributed by atoms with Crippen molar-refractivity contribution in [2.75, 3.05) is 6.54 Å². The SMILES string of the molecule is O=C(OCc1ccccc1)[C@@H]1C[C@@H](F)C[NH2+]1. The minimum absolute atomic E-state index is 0.265. The molecule has 4 heteroatoms. The van der Waals surface area contributed by atoms with Crippen LogP contribution in [-0.2, 0) is 16.1 Å². The first kappa shape index (κ1) is 11.1. The molecule has 1 aromatic rings. The van der Waals surface area contributed by atoms with Crippen LogP contribution in [-0.4, -0.2) is 24.7 Å². The molecule has 2 atom stereocenters. The highest BCUT2D eigenvalue weighted by atomic mass is 19.1. The van der Waals surface area contributed by atoms with Gasteiger partial charge in [-0.05, 0) is 5.56 Å². The van der Waals surface area contributed by atoms with Crippen LogP contribution in [0.3, 0.4) is 0 Å². The Morgan fingerprint density at radius 2 is 2.19 bits per heavy atom. The molecule has 0 bridgehead atoms. The number of nitrogens with two attached hydrogens (primary N) is 1. The van der Waals surface area contributed by atoms with E-state index in [4.69, 9.17) is 4.74 Å². The van der Waals surface area contributed by atoms with Gasteiger partial charge in [-0.2, -0.15) is 0 Å². The summed E-state index contributed by atoms with van der Waals surface area (Å²) in [5, 5.41) is 1.71. The standard InChI is InChI=1S/C12H14FNO2/c13-10-6-11(14-7-10)12(15)16-8-9-4-2-1-3-5-9/h1-5,10-11,14H,6-8H2/p+1/t10-,11+/m1/s1. The topological polar surface area (TPSA) is 42.9 Å². The first-order valence-electron chi connectivity index (χ1n) is 5.43. The molecule has 86 valence electrons. The number of quaternary nitrogens is 1. The van der Waals surface area contributed by atoms with Crippen LogP contribution in [0.1, 0.15) is 12.0 Å². The molecule has 0 spiro atoms. The predicted molar refractivity (Wildman–Crippen MR) is 56.3 cm³/mol. The Labute approximate surface area is 93.6 Å². The highest BCUT2D eigenvalue weighted by molar-refractivity contribution is 5.74. The van der Waals surface area contributed by atoms with E-state index in [-0.39, 0.29) is 25.0 Å². The van der Waals surface area contributed by atoms with Gasteiger partial charge >= 0.3 is 5.97 Å². The lowest BCUT2D eigenvalue weighted by atomic mass is 10.2. The monoisotopic (exact) mass is 224 g/mol. The molecule has 0 radical (unpaired) electrons. The third-order valence-corrected chi connectivity index (χ3v) is 2.71. The highest BCUT2D eigenvalue weighted by Crippen LogP contribution is 2.07. The van der Waals surface area contributed by atoms with E-state index in [1.54, 1.807) is 5.32 Å². The van der Waals surface area contributed by atoms with E-state index in [1.165, 1.54) is 0 Å². The maximum atomic E-state index is 12.9. The molecule has 1 aliphatic rings. The fraction of sp³-hybridized carbons (Fsp3) is 0.417. The summed E-state index contributed by atoms with van der Waals surface area (Å²) >= 11 is 0. The molecule has 0 aliphatic carbocycles. The Morgan fingerprint density at radius 1 is 1.44 bits per heavy atom. The number of carbonyl (C=O) groups is 1. The average Bonchev–Trinajstić information content (AvgIpc) is 2.74. The minimum Gasteiger partial charge on any atom is -0.456 e. The van der Waals surface area contributed by atoms with Crippen LogP contribution in [0.5, 0.6) is 0 Å². The summed E-state index contributed by atoms with van der Waals surface area (Å²) in [5.74, 6) is -0.316. The van der Waals surface area contributed by atoms with Crippen LogP contribution in [0.4, 0.5) is 4.39 Å². The lowest BCUT2D eigenvalue weighted by Crippen LogP contribution is -2.89. The third kappa shape index (κ3) is 2.79. The summed E-state index contributed by atoms with van der Waals surface area (Å²) in [5.41, 5.74) is 0.950. The van der Waals surface area contributed by atoms with Crippen molar-refractivity contribution in [3.05, 3.63) is 35.9 Å². The Bertz CT molecular complexity index is 355. The van der Waals surface area contributed by atoms with Gasteiger partial charge in [-0.1, -0.05) is 30.3 Å². The zero-order valence-electron chi connectivity index (χ0n) is 8.93. The molecule has 2 rings (SSSR count). The van der Waals surface area contributed by atoms with Crippen LogP contribution >= 0.6 is 0 Å². The second-order valence-electron chi connectivity index (χ2n) is 4.00. The van der Waals surface area contributed by atoms with Gasteiger partial charge in [0.1, 0.15) is 13.2 Å². The van der Waals surface area contributed by atoms with Gasteiger partial charge in [0.2, 0.25) is 0 Å². The van der Waals surface area contributed by atoms with E-state index in [2.05, 4.69) is 0 Å². The number of carbonyl (C=O) groups excluding carboxylic acids is 1. The van der Waals surface area contributed by atoms with Crippen molar-refractivity contribution in [1.82, 2.24) is 0 Å². The zero-order chi connectivity index (χ0) is 11.4. The van der Waals surface area contributed by atoms with Crippen LogP contribution in [0.2, 0.25) is 0 Å². The molecule has 1 aromatic carbocycles. The third-order valence-electron chi connectivity index (χ3n) is 2.71. The smallest absolute Gasteiger partial charge is 0.365 e. The molecule has 1 saturated heterocycles. The Balaban J connectivity index is 1.80. The van der Waals surface area contributed by atoms with Gasteiger partial charge in [-0.15, -0.1) is 0 Å². The number of alkyl halides is 1. The first-order valence-corrected chi connectivity index (χ1v) is 5.43. The molecule has 0 amide bonds. The number of rotatable bonds is 3. The molecule has 0 saturated carbocycles. The summed E-state index contributed by atoms with van der Waals surface area (Å²) < 4.78 is 18.0. The molecule has 16 heavy (non-hydrogen) atoms. The Kier molecular flexibility index (Phi) is 3.51. The second kappa shape index (κ2) is 5.07. The van der Waals surface area contributed by atoms with Crippen LogP contribution in [0, 0.1) is 0 Å². The summed E-state index contributed by atoms with van der Waals surface area (Å²) in [6, 6.07) is 9.11. The van der Waals surface area contributed by atoms with Crippen molar-refractivity contribution >= 4 is 5.97 Å². The van der Waals surface area contributed by atoms with Gasteiger partial charge in [0.05, 0.1) is 0 Å². The van der Waals surface area contributed by atoms with E-state index in [0.29, 0.717) is 6.54 Å². The molecular formula is C12H15FNO2+. The largest absolute Gasteiger partial charge is 0.456 e. The normalized spacial score (nSPS) is 24.3.